The number of ether oxygens (including phenoxy) is 1. The molecule has 2 unspecified atom stereocenters. The van der Waals surface area contributed by atoms with Gasteiger partial charge in [-0.1, -0.05) is 56.1 Å². The molecule has 1 nitrogen and oxygen atoms in total. The van der Waals surface area contributed by atoms with E-state index in [-0.39, 0.29) is 0 Å². The van der Waals surface area contributed by atoms with Gasteiger partial charge < -0.3 is 4.74 Å². The second kappa shape index (κ2) is 5.90. The lowest BCUT2D eigenvalue weighted by atomic mass is 10.0. The maximum Gasteiger partial charge on any atom is 0.123 e. The molecule has 0 spiro atoms. The molecule has 0 fully saturated rings. The Labute approximate surface area is 136 Å². The largest absolute Gasteiger partial charge is 0.490 e. The lowest BCUT2D eigenvalue weighted by molar-refractivity contribution is 0.254. The average Bonchev–Trinajstić information content (AvgIpc) is 2.77. The van der Waals surface area contributed by atoms with Crippen molar-refractivity contribution in [2.45, 2.75) is 30.7 Å². The van der Waals surface area contributed by atoms with E-state index in [1.807, 2.05) is 0 Å². The molecule has 104 valence electrons. The van der Waals surface area contributed by atoms with Crippen LogP contribution in [-0.2, 0) is 12.8 Å². The van der Waals surface area contributed by atoms with Crippen LogP contribution in [0, 0.1) is 0 Å². The number of alkyl halides is 1. The number of fused-ring (bicyclic) bond motifs is 1. The molecule has 1 aliphatic rings. The Morgan fingerprint density at radius 2 is 2.10 bits per heavy atom. The van der Waals surface area contributed by atoms with Gasteiger partial charge in [-0.25, -0.2) is 0 Å². The third-order valence-electron chi connectivity index (χ3n) is 3.59. The third kappa shape index (κ3) is 3.09. The van der Waals surface area contributed by atoms with Crippen LogP contribution in [0.5, 0.6) is 5.75 Å². The summed E-state index contributed by atoms with van der Waals surface area (Å²) in [7, 11) is 0. The second-order valence-electron chi connectivity index (χ2n) is 5.30. The minimum absolute atomic E-state index is 0.305. The summed E-state index contributed by atoms with van der Waals surface area (Å²) < 4.78 is 6.88. The van der Waals surface area contributed by atoms with Gasteiger partial charge in [0.25, 0.3) is 0 Å². The van der Waals surface area contributed by atoms with Gasteiger partial charge in [-0.2, -0.15) is 0 Å². The van der Waals surface area contributed by atoms with E-state index in [9.17, 15) is 0 Å². The van der Waals surface area contributed by atoms with Crippen molar-refractivity contribution in [3.05, 3.63) is 63.6 Å². The Morgan fingerprint density at radius 1 is 1.25 bits per heavy atom. The van der Waals surface area contributed by atoms with Crippen molar-refractivity contribution in [2.24, 2.45) is 0 Å². The summed E-state index contributed by atoms with van der Waals surface area (Å²) in [5, 5.41) is 0. The normalized spacial score (nSPS) is 18.4. The molecule has 0 bridgehead atoms. The van der Waals surface area contributed by atoms with Crippen molar-refractivity contribution >= 4 is 31.9 Å². The maximum atomic E-state index is 5.75. The van der Waals surface area contributed by atoms with Crippen LogP contribution in [0.3, 0.4) is 0 Å². The first-order valence-electron chi connectivity index (χ1n) is 6.80. The van der Waals surface area contributed by atoms with Gasteiger partial charge in [-0.05, 0) is 48.2 Å². The van der Waals surface area contributed by atoms with Crippen LogP contribution in [0.2, 0.25) is 0 Å². The van der Waals surface area contributed by atoms with Gasteiger partial charge in [0.05, 0.1) is 0 Å². The molecule has 0 saturated heterocycles. The van der Waals surface area contributed by atoms with Crippen LogP contribution in [-0.4, -0.2) is 6.10 Å². The van der Waals surface area contributed by atoms with Gasteiger partial charge in [0, 0.05) is 15.7 Å². The molecule has 0 radical (unpaired) electrons. The molecule has 0 saturated carbocycles. The fourth-order valence-electron chi connectivity index (χ4n) is 2.63. The monoisotopic (exact) mass is 394 g/mol. The molecular formula is C17H16Br2O. The molecule has 0 aromatic heterocycles. The van der Waals surface area contributed by atoms with Crippen molar-refractivity contribution in [1.29, 1.82) is 0 Å². The van der Waals surface area contributed by atoms with Gasteiger partial charge in [0.2, 0.25) is 0 Å². The molecule has 2 atom stereocenters. The predicted octanol–water partition coefficient (Wildman–Crippen LogP) is 5.45. The fraction of sp³-hybridized carbons (Fsp3) is 0.294. The van der Waals surface area contributed by atoms with Crippen LogP contribution in [0.25, 0.3) is 0 Å². The van der Waals surface area contributed by atoms with E-state index in [0.29, 0.717) is 10.9 Å². The highest BCUT2D eigenvalue weighted by Crippen LogP contribution is 2.34. The topological polar surface area (TPSA) is 9.23 Å². The molecule has 0 aliphatic carbocycles. The third-order valence-corrected chi connectivity index (χ3v) is 4.93. The lowest BCUT2D eigenvalue weighted by Gasteiger charge is -2.12. The lowest BCUT2D eigenvalue weighted by Crippen LogP contribution is -2.05. The highest BCUT2D eigenvalue weighted by Gasteiger charge is 2.20. The van der Waals surface area contributed by atoms with Gasteiger partial charge in [-0.3, -0.25) is 0 Å². The molecule has 3 heteroatoms. The van der Waals surface area contributed by atoms with Crippen molar-refractivity contribution in [3.8, 4) is 5.75 Å². The number of hydrogen-bond donors (Lipinski definition) is 0. The van der Waals surface area contributed by atoms with E-state index in [2.05, 4.69) is 81.2 Å². The SMILES string of the molecule is CC1Cc2cc(C(Br)Cc3cccc(Br)c3)ccc2O1. The van der Waals surface area contributed by atoms with Crippen molar-refractivity contribution in [1.82, 2.24) is 0 Å². The summed E-state index contributed by atoms with van der Waals surface area (Å²) >= 11 is 7.34. The molecule has 20 heavy (non-hydrogen) atoms. The van der Waals surface area contributed by atoms with Crippen LogP contribution >= 0.6 is 31.9 Å². The quantitative estimate of drug-likeness (QED) is 0.627. The first kappa shape index (κ1) is 14.2. The Balaban J connectivity index is 1.78. The summed E-state index contributed by atoms with van der Waals surface area (Å²) in [6.45, 7) is 2.12. The Bertz CT molecular complexity index is 624. The smallest absolute Gasteiger partial charge is 0.123 e. The van der Waals surface area contributed by atoms with E-state index in [1.165, 1.54) is 16.7 Å². The van der Waals surface area contributed by atoms with E-state index in [4.69, 9.17) is 4.74 Å². The summed E-state index contributed by atoms with van der Waals surface area (Å²) in [5.74, 6) is 1.04. The Kier molecular flexibility index (Phi) is 4.18. The molecular weight excluding hydrogens is 380 g/mol. The summed E-state index contributed by atoms with van der Waals surface area (Å²) in [5.41, 5.74) is 3.97. The number of rotatable bonds is 3. The average molecular weight is 396 g/mol. The number of benzene rings is 2. The molecule has 3 rings (SSSR count). The maximum absolute atomic E-state index is 5.75. The Morgan fingerprint density at radius 3 is 2.90 bits per heavy atom. The van der Waals surface area contributed by atoms with Gasteiger partial charge in [-0.15, -0.1) is 0 Å². The molecule has 0 N–H and O–H groups in total. The van der Waals surface area contributed by atoms with Crippen molar-refractivity contribution in [2.75, 3.05) is 0 Å². The van der Waals surface area contributed by atoms with Crippen LogP contribution < -0.4 is 4.74 Å². The second-order valence-corrected chi connectivity index (χ2v) is 7.32. The van der Waals surface area contributed by atoms with E-state index in [0.717, 1.165) is 23.1 Å². The highest BCUT2D eigenvalue weighted by molar-refractivity contribution is 9.10. The van der Waals surface area contributed by atoms with Crippen LogP contribution in [0.15, 0.2) is 46.9 Å². The molecule has 1 heterocycles. The first-order valence-corrected chi connectivity index (χ1v) is 8.50. The van der Waals surface area contributed by atoms with E-state index >= 15 is 0 Å². The van der Waals surface area contributed by atoms with Crippen LogP contribution in [0.4, 0.5) is 0 Å². The summed E-state index contributed by atoms with van der Waals surface area (Å²) in [6, 6.07) is 15.0. The Hall–Kier alpha value is -0.800. The predicted molar refractivity (Wildman–Crippen MR) is 89.8 cm³/mol. The summed E-state index contributed by atoms with van der Waals surface area (Å²) in [4.78, 5) is 0.331. The zero-order valence-corrected chi connectivity index (χ0v) is 14.4. The summed E-state index contributed by atoms with van der Waals surface area (Å²) in [6.07, 6.45) is 2.30. The number of hydrogen-bond acceptors (Lipinski definition) is 1. The van der Waals surface area contributed by atoms with E-state index < -0.39 is 0 Å². The molecule has 1 aliphatic heterocycles. The fourth-order valence-corrected chi connectivity index (χ4v) is 3.73. The zero-order valence-electron chi connectivity index (χ0n) is 11.3. The minimum Gasteiger partial charge on any atom is -0.490 e. The molecule has 2 aromatic rings. The molecule has 2 aromatic carbocycles. The van der Waals surface area contributed by atoms with Gasteiger partial charge >= 0.3 is 0 Å². The van der Waals surface area contributed by atoms with Crippen molar-refractivity contribution in [3.63, 3.8) is 0 Å². The molecule has 0 amide bonds. The van der Waals surface area contributed by atoms with E-state index in [1.54, 1.807) is 0 Å². The van der Waals surface area contributed by atoms with Crippen LogP contribution in [0.1, 0.15) is 28.4 Å². The first-order chi connectivity index (χ1) is 9.61. The standard InChI is InChI=1S/C17H16Br2O/c1-11-7-14-10-13(5-6-17(14)20-11)16(19)9-12-3-2-4-15(18)8-12/h2-6,8,10-11,16H,7,9H2,1H3. The van der Waals surface area contributed by atoms with Gasteiger partial charge in [0.15, 0.2) is 0 Å². The highest BCUT2D eigenvalue weighted by atomic mass is 79.9. The number of halogens is 2. The minimum atomic E-state index is 0.305. The zero-order chi connectivity index (χ0) is 14.1. The van der Waals surface area contributed by atoms with Crippen molar-refractivity contribution < 1.29 is 4.74 Å². The van der Waals surface area contributed by atoms with Gasteiger partial charge in [0.1, 0.15) is 11.9 Å².